The summed E-state index contributed by atoms with van der Waals surface area (Å²) in [5.41, 5.74) is 3.66. The zero-order chi connectivity index (χ0) is 20.3. The molecule has 0 spiro atoms. The van der Waals surface area contributed by atoms with Crippen molar-refractivity contribution >= 4 is 11.7 Å². The quantitative estimate of drug-likeness (QED) is 0.508. The van der Waals surface area contributed by atoms with Gasteiger partial charge in [0.05, 0.1) is 11.7 Å². The van der Waals surface area contributed by atoms with Crippen LogP contribution < -0.4 is 10.7 Å². The summed E-state index contributed by atoms with van der Waals surface area (Å²) < 4.78 is 0. The van der Waals surface area contributed by atoms with Crippen molar-refractivity contribution in [1.82, 2.24) is 10.7 Å². The molecular weight excluding hydrogens is 364 g/mol. The summed E-state index contributed by atoms with van der Waals surface area (Å²) in [4.78, 5) is 4.46. The third kappa shape index (κ3) is 2.88. The average molecular weight is 403 g/mol. The van der Waals surface area contributed by atoms with Gasteiger partial charge in [0.1, 0.15) is 0 Å². The third-order valence-electron chi connectivity index (χ3n) is 9.76. The monoisotopic (exact) mass is 402 g/mol. The van der Waals surface area contributed by atoms with E-state index in [-0.39, 0.29) is 16.9 Å². The summed E-state index contributed by atoms with van der Waals surface area (Å²) >= 11 is 0. The first kappa shape index (κ1) is 19.8. The van der Waals surface area contributed by atoms with E-state index in [1.54, 1.807) is 0 Å². The Kier molecular flexibility index (Phi) is 4.74. The number of rotatable bonds is 1. The molecule has 0 saturated heterocycles. The molecule has 29 heavy (non-hydrogen) atoms. The summed E-state index contributed by atoms with van der Waals surface area (Å²) in [6, 6.07) is 0. The van der Waals surface area contributed by atoms with Crippen LogP contribution in [0.4, 0.5) is 0 Å². The van der Waals surface area contributed by atoms with E-state index >= 15 is 0 Å². The molecule has 4 saturated carbocycles. The molecule has 0 aromatic carbocycles. The second-order valence-electron chi connectivity index (χ2n) is 10.9. The zero-order valence-corrected chi connectivity index (χ0v) is 18.1. The molecule has 5 rings (SSSR count). The van der Waals surface area contributed by atoms with Crippen molar-refractivity contribution in [2.75, 3.05) is 13.1 Å². The fraction of sp³-hybridized carbons (Fsp3) is 0.913. The van der Waals surface area contributed by atoms with Crippen LogP contribution in [0.2, 0.25) is 0 Å². The second kappa shape index (κ2) is 6.94. The van der Waals surface area contributed by atoms with Crippen LogP contribution in [0, 0.1) is 28.6 Å². The van der Waals surface area contributed by atoms with E-state index in [4.69, 9.17) is 5.10 Å². The number of hydrazone groups is 1. The van der Waals surface area contributed by atoms with Crippen LogP contribution in [0.1, 0.15) is 78.1 Å². The number of fused-ring (bicyclic) bond motifs is 5. The van der Waals surface area contributed by atoms with E-state index in [9.17, 15) is 10.2 Å². The maximum atomic E-state index is 12.1. The van der Waals surface area contributed by atoms with Crippen molar-refractivity contribution in [2.45, 2.75) is 89.8 Å². The molecule has 0 radical (unpaired) electrons. The van der Waals surface area contributed by atoms with Crippen molar-refractivity contribution < 1.29 is 10.2 Å². The molecule has 0 amide bonds. The molecule has 0 aromatic heterocycles. The molecule has 1 heterocycles. The zero-order valence-electron chi connectivity index (χ0n) is 18.1. The summed E-state index contributed by atoms with van der Waals surface area (Å²) in [6.07, 6.45) is 10.1. The molecule has 162 valence electrons. The highest BCUT2D eigenvalue weighted by atomic mass is 16.3. The lowest BCUT2D eigenvalue weighted by Gasteiger charge is -2.62. The van der Waals surface area contributed by atoms with Gasteiger partial charge in [-0.2, -0.15) is 5.10 Å². The van der Waals surface area contributed by atoms with Gasteiger partial charge < -0.3 is 15.5 Å². The normalized spacial score (nSPS) is 50.8. The predicted molar refractivity (Wildman–Crippen MR) is 115 cm³/mol. The molecule has 0 unspecified atom stereocenters. The number of hydrogen-bond acceptors (Lipinski definition) is 6. The van der Waals surface area contributed by atoms with Crippen LogP contribution in [-0.2, 0) is 0 Å². The van der Waals surface area contributed by atoms with Crippen molar-refractivity contribution in [3.05, 3.63) is 0 Å². The lowest BCUT2D eigenvalue weighted by atomic mass is 9.44. The van der Waals surface area contributed by atoms with Gasteiger partial charge in [-0.05, 0) is 87.4 Å². The van der Waals surface area contributed by atoms with Gasteiger partial charge in [0.15, 0.2) is 0 Å². The van der Waals surface area contributed by atoms with Crippen LogP contribution >= 0.6 is 0 Å². The van der Waals surface area contributed by atoms with Gasteiger partial charge in [-0.15, -0.1) is 0 Å². The molecule has 4 fully saturated rings. The average Bonchev–Trinajstić information content (AvgIpc) is 2.99. The van der Waals surface area contributed by atoms with Gasteiger partial charge >= 0.3 is 0 Å². The fourth-order valence-corrected chi connectivity index (χ4v) is 7.89. The van der Waals surface area contributed by atoms with Crippen LogP contribution in [0.15, 0.2) is 10.1 Å². The summed E-state index contributed by atoms with van der Waals surface area (Å²) in [5, 5.41) is 30.4. The van der Waals surface area contributed by atoms with Crippen LogP contribution in [0.25, 0.3) is 0 Å². The number of nitrogens with zero attached hydrogens (tertiary/aromatic N) is 2. The Balaban J connectivity index is 1.39. The molecule has 4 aliphatic carbocycles. The lowest BCUT2D eigenvalue weighted by molar-refractivity contribution is -0.191. The van der Waals surface area contributed by atoms with E-state index in [0.717, 1.165) is 82.5 Å². The number of aliphatic imine (C=N–C) groups is 1. The van der Waals surface area contributed by atoms with E-state index in [0.29, 0.717) is 17.8 Å². The van der Waals surface area contributed by atoms with Crippen molar-refractivity contribution in [3.8, 4) is 0 Å². The van der Waals surface area contributed by atoms with Crippen LogP contribution in [-0.4, -0.2) is 46.7 Å². The van der Waals surface area contributed by atoms with Crippen LogP contribution in [0.3, 0.4) is 0 Å². The Morgan fingerprint density at radius 2 is 1.97 bits per heavy atom. The van der Waals surface area contributed by atoms with Gasteiger partial charge in [0.2, 0.25) is 5.96 Å². The standard InChI is InChI=1S/C23H38N4O2/c1-21-9-6-16(28)14-15(21)4-5-18-17(21)7-10-22(2)19(8-11-23(18,22)29)26-27-20-24-12-3-13-25-20/h15-18,28-29H,3-14H2,1-2H3,(H2,24,25,27)/b26-19+/t15-,16+,17+,18-,21+,22-,23+/m1/s1. The van der Waals surface area contributed by atoms with Crippen LogP contribution in [0.5, 0.6) is 0 Å². The molecule has 4 N–H and O–H groups in total. The van der Waals surface area contributed by atoms with Gasteiger partial charge in [-0.25, -0.2) is 5.43 Å². The minimum Gasteiger partial charge on any atom is -0.393 e. The van der Waals surface area contributed by atoms with E-state index in [2.05, 4.69) is 29.6 Å². The number of hydrogen-bond donors (Lipinski definition) is 4. The maximum Gasteiger partial charge on any atom is 0.212 e. The maximum absolute atomic E-state index is 12.1. The molecule has 5 aliphatic rings. The minimum absolute atomic E-state index is 0.117. The molecular formula is C23H38N4O2. The topological polar surface area (TPSA) is 89.2 Å². The number of aliphatic hydroxyl groups is 2. The van der Waals surface area contributed by atoms with Gasteiger partial charge in [-0.3, -0.25) is 4.99 Å². The summed E-state index contributed by atoms with van der Waals surface area (Å²) in [6.45, 7) is 6.51. The molecule has 6 heteroatoms. The first-order valence-corrected chi connectivity index (χ1v) is 11.9. The number of nitrogens with one attached hydrogen (secondary N) is 2. The highest BCUT2D eigenvalue weighted by molar-refractivity contribution is 5.95. The number of guanidine groups is 1. The fourth-order valence-electron chi connectivity index (χ4n) is 7.89. The Hall–Kier alpha value is -1.14. The van der Waals surface area contributed by atoms with Gasteiger partial charge in [0.25, 0.3) is 0 Å². The molecule has 1 aliphatic heterocycles. The SMILES string of the molecule is C[C@]12CC[C@H](O)C[C@H]1CC[C@@H]1[C@@H]2CC[C@]2(C)/C(=N/NC3=NCCCN3)CC[C@]12O. The second-order valence-corrected chi connectivity index (χ2v) is 10.9. The Bertz CT molecular complexity index is 724. The van der Waals surface area contributed by atoms with Crippen molar-refractivity contribution in [2.24, 2.45) is 38.7 Å². The highest BCUT2D eigenvalue weighted by Gasteiger charge is 2.66. The lowest BCUT2D eigenvalue weighted by Crippen LogP contribution is -2.62. The van der Waals surface area contributed by atoms with Gasteiger partial charge in [-0.1, -0.05) is 13.8 Å². The van der Waals surface area contributed by atoms with Crippen molar-refractivity contribution in [1.29, 1.82) is 0 Å². The molecule has 0 bridgehead atoms. The Morgan fingerprint density at radius 3 is 2.76 bits per heavy atom. The van der Waals surface area contributed by atoms with Crippen molar-refractivity contribution in [3.63, 3.8) is 0 Å². The molecule has 6 nitrogen and oxygen atoms in total. The Labute approximate surface area is 174 Å². The highest BCUT2D eigenvalue weighted by Crippen LogP contribution is 2.67. The number of aliphatic hydroxyl groups excluding tert-OH is 1. The summed E-state index contributed by atoms with van der Waals surface area (Å²) in [5.74, 6) is 2.32. The largest absolute Gasteiger partial charge is 0.393 e. The third-order valence-corrected chi connectivity index (χ3v) is 9.76. The van der Waals surface area contributed by atoms with Gasteiger partial charge in [0, 0.05) is 24.2 Å². The first-order valence-electron chi connectivity index (χ1n) is 11.9. The van der Waals surface area contributed by atoms with E-state index in [1.807, 2.05) is 0 Å². The first-order chi connectivity index (χ1) is 13.9. The summed E-state index contributed by atoms with van der Waals surface area (Å²) in [7, 11) is 0. The predicted octanol–water partition coefficient (Wildman–Crippen LogP) is 2.80. The minimum atomic E-state index is -0.651. The molecule has 0 aromatic rings. The van der Waals surface area contributed by atoms with E-state index < -0.39 is 5.60 Å². The Morgan fingerprint density at radius 1 is 1.10 bits per heavy atom. The van der Waals surface area contributed by atoms with E-state index in [1.165, 1.54) is 6.42 Å². The smallest absolute Gasteiger partial charge is 0.212 e. The molecule has 7 atom stereocenters.